The standard InChI is InChI=1S/C24H20F2N4O4/c1-32-18-7-4-15(5-8-18)19-13-17(6-9-20(19)33-24(25)26)28-21(31)10-11-22-29-23(30-34-22)16-3-2-12-27-14-16/h2-9,12-14,24H,10-11H2,1H3,(H,28,31). The number of anilines is 1. The minimum Gasteiger partial charge on any atom is -0.497 e. The summed E-state index contributed by atoms with van der Waals surface area (Å²) in [7, 11) is 1.53. The number of aromatic nitrogens is 3. The summed E-state index contributed by atoms with van der Waals surface area (Å²) in [5.74, 6) is 1.02. The second-order valence-electron chi connectivity index (χ2n) is 7.12. The Balaban J connectivity index is 1.44. The molecule has 174 valence electrons. The molecule has 2 heterocycles. The molecule has 1 amide bonds. The van der Waals surface area contributed by atoms with Gasteiger partial charge in [-0.15, -0.1) is 0 Å². The van der Waals surface area contributed by atoms with Crippen molar-refractivity contribution in [3.63, 3.8) is 0 Å². The van der Waals surface area contributed by atoms with Crippen molar-refractivity contribution in [2.75, 3.05) is 12.4 Å². The average Bonchev–Trinajstić information content (AvgIpc) is 3.33. The van der Waals surface area contributed by atoms with Crippen LogP contribution in [0.15, 0.2) is 71.5 Å². The van der Waals surface area contributed by atoms with Crippen LogP contribution >= 0.6 is 0 Å². The van der Waals surface area contributed by atoms with Crippen molar-refractivity contribution >= 4 is 11.6 Å². The minimum absolute atomic E-state index is 0.00745. The quantitative estimate of drug-likeness (QED) is 0.371. The molecule has 4 aromatic rings. The Labute approximate surface area is 193 Å². The van der Waals surface area contributed by atoms with Gasteiger partial charge in [0.1, 0.15) is 11.5 Å². The maximum absolute atomic E-state index is 12.9. The summed E-state index contributed by atoms with van der Waals surface area (Å²) in [6.45, 7) is -2.98. The van der Waals surface area contributed by atoms with Crippen LogP contribution in [0.5, 0.6) is 11.5 Å². The first-order valence-electron chi connectivity index (χ1n) is 10.3. The van der Waals surface area contributed by atoms with Crippen LogP contribution in [0.1, 0.15) is 12.3 Å². The van der Waals surface area contributed by atoms with Crippen LogP contribution in [0.4, 0.5) is 14.5 Å². The molecule has 0 fully saturated rings. The maximum atomic E-state index is 12.9. The molecular weight excluding hydrogens is 446 g/mol. The molecule has 0 spiro atoms. The SMILES string of the molecule is COc1ccc(-c2cc(NC(=O)CCc3nc(-c4cccnc4)no3)ccc2OC(F)F)cc1. The zero-order valence-corrected chi connectivity index (χ0v) is 18.1. The lowest BCUT2D eigenvalue weighted by Gasteiger charge is -2.14. The van der Waals surface area contributed by atoms with Gasteiger partial charge in [0.25, 0.3) is 0 Å². The molecule has 0 radical (unpaired) electrons. The smallest absolute Gasteiger partial charge is 0.387 e. The Morgan fingerprint density at radius 3 is 2.65 bits per heavy atom. The zero-order valence-electron chi connectivity index (χ0n) is 18.1. The van der Waals surface area contributed by atoms with E-state index in [-0.39, 0.29) is 24.5 Å². The van der Waals surface area contributed by atoms with Gasteiger partial charge in [-0.1, -0.05) is 17.3 Å². The van der Waals surface area contributed by atoms with Gasteiger partial charge >= 0.3 is 6.61 Å². The summed E-state index contributed by atoms with van der Waals surface area (Å²) in [5, 5.41) is 6.65. The molecule has 0 bridgehead atoms. The van der Waals surface area contributed by atoms with E-state index in [1.807, 2.05) is 0 Å². The molecule has 4 rings (SSSR count). The summed E-state index contributed by atoms with van der Waals surface area (Å²) >= 11 is 0. The lowest BCUT2D eigenvalue weighted by atomic mass is 10.0. The Morgan fingerprint density at radius 2 is 1.94 bits per heavy atom. The summed E-state index contributed by atoms with van der Waals surface area (Å²) in [6.07, 6.45) is 3.57. The van der Waals surface area contributed by atoms with Crippen LogP contribution in [-0.4, -0.2) is 34.8 Å². The lowest BCUT2D eigenvalue weighted by molar-refractivity contribution is -0.116. The second-order valence-corrected chi connectivity index (χ2v) is 7.12. The fourth-order valence-electron chi connectivity index (χ4n) is 3.22. The van der Waals surface area contributed by atoms with E-state index in [4.69, 9.17) is 9.26 Å². The van der Waals surface area contributed by atoms with Crippen LogP contribution in [0, 0.1) is 0 Å². The van der Waals surface area contributed by atoms with Gasteiger partial charge in [-0.05, 0) is 48.0 Å². The van der Waals surface area contributed by atoms with Crippen molar-refractivity contribution in [2.24, 2.45) is 0 Å². The van der Waals surface area contributed by atoms with Crippen molar-refractivity contribution in [1.82, 2.24) is 15.1 Å². The van der Waals surface area contributed by atoms with Crippen LogP contribution in [0.3, 0.4) is 0 Å². The average molecular weight is 466 g/mol. The van der Waals surface area contributed by atoms with E-state index in [1.165, 1.54) is 19.2 Å². The first-order chi connectivity index (χ1) is 16.5. The molecule has 1 N–H and O–H groups in total. The highest BCUT2D eigenvalue weighted by molar-refractivity contribution is 5.92. The van der Waals surface area contributed by atoms with E-state index >= 15 is 0 Å². The van der Waals surface area contributed by atoms with Crippen molar-refractivity contribution < 1.29 is 27.6 Å². The van der Waals surface area contributed by atoms with E-state index in [1.54, 1.807) is 54.9 Å². The van der Waals surface area contributed by atoms with Crippen LogP contribution < -0.4 is 14.8 Å². The largest absolute Gasteiger partial charge is 0.497 e. The number of rotatable bonds is 9. The van der Waals surface area contributed by atoms with Gasteiger partial charge in [0.2, 0.25) is 17.6 Å². The molecule has 0 saturated heterocycles. The third-order valence-corrected chi connectivity index (χ3v) is 4.83. The second kappa shape index (κ2) is 10.5. The van der Waals surface area contributed by atoms with Gasteiger partial charge < -0.3 is 19.3 Å². The number of alkyl halides is 2. The fourth-order valence-corrected chi connectivity index (χ4v) is 3.22. The van der Waals surface area contributed by atoms with E-state index in [2.05, 4.69) is 25.2 Å². The summed E-state index contributed by atoms with van der Waals surface area (Å²) in [4.78, 5) is 20.8. The lowest BCUT2D eigenvalue weighted by Crippen LogP contribution is -2.12. The number of nitrogens with zero attached hydrogens (tertiary/aromatic N) is 3. The first kappa shape index (κ1) is 22.8. The number of hydrogen-bond acceptors (Lipinski definition) is 7. The number of methoxy groups -OCH3 is 1. The Morgan fingerprint density at radius 1 is 1.12 bits per heavy atom. The third-order valence-electron chi connectivity index (χ3n) is 4.83. The summed E-state index contributed by atoms with van der Waals surface area (Å²) in [5.41, 5.74) is 2.17. The molecular formula is C24H20F2N4O4. The molecule has 8 nitrogen and oxygen atoms in total. The highest BCUT2D eigenvalue weighted by atomic mass is 19.3. The summed E-state index contributed by atoms with van der Waals surface area (Å²) < 4.78 is 40.8. The van der Waals surface area contributed by atoms with Crippen LogP contribution in [0.25, 0.3) is 22.5 Å². The molecule has 2 aromatic heterocycles. The normalized spacial score (nSPS) is 10.8. The first-order valence-corrected chi connectivity index (χ1v) is 10.3. The molecule has 34 heavy (non-hydrogen) atoms. The number of ether oxygens (including phenoxy) is 2. The number of carbonyl (C=O) groups is 1. The molecule has 0 atom stereocenters. The Hall–Kier alpha value is -4.34. The van der Waals surface area contributed by atoms with Gasteiger partial charge in [-0.2, -0.15) is 13.8 Å². The van der Waals surface area contributed by atoms with Gasteiger partial charge in [-0.25, -0.2) is 0 Å². The topological polar surface area (TPSA) is 99.4 Å². The van der Waals surface area contributed by atoms with E-state index in [0.29, 0.717) is 39.8 Å². The third kappa shape index (κ3) is 5.71. The maximum Gasteiger partial charge on any atom is 0.387 e. The molecule has 0 aliphatic carbocycles. The molecule has 10 heteroatoms. The number of halogens is 2. The van der Waals surface area contributed by atoms with Crippen molar-refractivity contribution in [3.8, 4) is 34.0 Å². The Kier molecular flexibility index (Phi) is 7.07. The number of carbonyl (C=O) groups excluding carboxylic acids is 1. The number of amides is 1. The zero-order chi connectivity index (χ0) is 23.9. The number of benzene rings is 2. The number of nitrogens with one attached hydrogen (secondary N) is 1. The number of pyridine rings is 1. The van der Waals surface area contributed by atoms with Gasteiger partial charge in [0.15, 0.2) is 0 Å². The molecule has 0 aliphatic heterocycles. The van der Waals surface area contributed by atoms with Crippen molar-refractivity contribution in [2.45, 2.75) is 19.5 Å². The van der Waals surface area contributed by atoms with Crippen LogP contribution in [0.2, 0.25) is 0 Å². The number of hydrogen-bond donors (Lipinski definition) is 1. The van der Waals surface area contributed by atoms with Crippen LogP contribution in [-0.2, 0) is 11.2 Å². The number of aryl methyl sites for hydroxylation is 1. The summed E-state index contributed by atoms with van der Waals surface area (Å²) in [6, 6.07) is 14.9. The van der Waals surface area contributed by atoms with Crippen molar-refractivity contribution in [3.05, 3.63) is 72.9 Å². The monoisotopic (exact) mass is 466 g/mol. The minimum atomic E-state index is -2.98. The van der Waals surface area contributed by atoms with Gasteiger partial charge in [-0.3, -0.25) is 9.78 Å². The predicted molar refractivity (Wildman–Crippen MR) is 120 cm³/mol. The molecule has 0 aliphatic rings. The Bertz CT molecular complexity index is 1250. The van der Waals surface area contributed by atoms with E-state index in [0.717, 1.165) is 0 Å². The molecule has 0 saturated carbocycles. The molecule has 0 unspecified atom stereocenters. The highest BCUT2D eigenvalue weighted by Crippen LogP contribution is 2.34. The van der Waals surface area contributed by atoms with Gasteiger partial charge in [0, 0.05) is 42.0 Å². The van der Waals surface area contributed by atoms with Gasteiger partial charge in [0.05, 0.1) is 7.11 Å². The highest BCUT2D eigenvalue weighted by Gasteiger charge is 2.15. The van der Waals surface area contributed by atoms with E-state index in [9.17, 15) is 13.6 Å². The predicted octanol–water partition coefficient (Wildman–Crippen LogP) is 4.98. The fraction of sp³-hybridized carbons (Fsp3) is 0.167. The molecule has 2 aromatic carbocycles. The van der Waals surface area contributed by atoms with Crippen molar-refractivity contribution in [1.29, 1.82) is 0 Å². The van der Waals surface area contributed by atoms with E-state index < -0.39 is 6.61 Å².